The molecule has 6 nitrogen and oxygen atoms in total. The van der Waals surface area contributed by atoms with Crippen molar-refractivity contribution in [3.63, 3.8) is 0 Å². The van der Waals surface area contributed by atoms with Crippen LogP contribution < -0.4 is 0 Å². The zero-order valence-electron chi connectivity index (χ0n) is 13.6. The molecule has 0 aliphatic rings. The second kappa shape index (κ2) is 8.73. The van der Waals surface area contributed by atoms with Crippen LogP contribution in [0.5, 0.6) is 0 Å². The van der Waals surface area contributed by atoms with Crippen LogP contribution in [-0.2, 0) is 23.9 Å². The van der Waals surface area contributed by atoms with E-state index < -0.39 is 41.3 Å². The van der Waals surface area contributed by atoms with E-state index in [1.807, 2.05) is 0 Å². The molecule has 0 amide bonds. The molecule has 3 atom stereocenters. The summed E-state index contributed by atoms with van der Waals surface area (Å²) in [5, 5.41) is 9.48. The number of carboxylic acid groups (broad SMARTS) is 1. The molecule has 0 radical (unpaired) electrons. The Hall–Kier alpha value is -2.02. The number of carboxylic acids is 1. The van der Waals surface area contributed by atoms with Crippen molar-refractivity contribution in [3.8, 4) is 0 Å². The van der Waals surface area contributed by atoms with Gasteiger partial charge in [-0.2, -0.15) is 0 Å². The highest BCUT2D eigenvalue weighted by atomic mass is 79.9. The fraction of sp³-hybridized carbons (Fsp3) is 0.412. The summed E-state index contributed by atoms with van der Waals surface area (Å²) in [6.45, 7) is 3.95. The molecule has 7 heteroatoms. The minimum atomic E-state index is -1.52. The van der Waals surface area contributed by atoms with Crippen LogP contribution in [0.3, 0.4) is 0 Å². The minimum absolute atomic E-state index is 0.0491. The summed E-state index contributed by atoms with van der Waals surface area (Å²) < 4.78 is 5.67. The minimum Gasteiger partial charge on any atom is -0.481 e. The highest BCUT2D eigenvalue weighted by Crippen LogP contribution is 2.35. The topological polar surface area (TPSA) is 97.7 Å². The van der Waals surface area contributed by atoms with Crippen molar-refractivity contribution >= 4 is 39.4 Å². The van der Waals surface area contributed by atoms with E-state index in [0.717, 1.165) is 11.4 Å². The Morgan fingerprint density at radius 1 is 1.04 bits per heavy atom. The summed E-state index contributed by atoms with van der Waals surface area (Å²) in [5.41, 5.74) is 0.411. The number of rotatable bonds is 8. The number of ether oxygens (including phenoxy) is 1. The van der Waals surface area contributed by atoms with E-state index in [9.17, 15) is 24.3 Å². The molecule has 1 aromatic carbocycles. The van der Waals surface area contributed by atoms with Gasteiger partial charge in [-0.15, -0.1) is 0 Å². The zero-order chi connectivity index (χ0) is 18.4. The number of carbonyl (C=O) groups excluding carboxylic acids is 3. The standard InChI is InChI=1S/C17H19BrO6/c1-4-24-17(23)14(10(3)20)15(13(9(2)19)16(21)22)11-5-7-12(18)8-6-11/h5-8,13-15H,4H2,1-3H3,(H,21,22). The molecule has 0 spiro atoms. The summed E-state index contributed by atoms with van der Waals surface area (Å²) >= 11 is 3.27. The molecule has 130 valence electrons. The first-order chi connectivity index (χ1) is 11.2. The highest BCUT2D eigenvalue weighted by Gasteiger charge is 2.44. The Morgan fingerprint density at radius 3 is 1.92 bits per heavy atom. The van der Waals surface area contributed by atoms with Gasteiger partial charge in [-0.25, -0.2) is 0 Å². The van der Waals surface area contributed by atoms with Crippen LogP contribution in [0.25, 0.3) is 0 Å². The van der Waals surface area contributed by atoms with Gasteiger partial charge in [0.25, 0.3) is 0 Å². The Balaban J connectivity index is 3.52. The lowest BCUT2D eigenvalue weighted by molar-refractivity contribution is -0.155. The molecule has 24 heavy (non-hydrogen) atoms. The van der Waals surface area contributed by atoms with Crippen molar-refractivity contribution in [1.29, 1.82) is 0 Å². The highest BCUT2D eigenvalue weighted by molar-refractivity contribution is 9.10. The lowest BCUT2D eigenvalue weighted by atomic mass is 9.73. The Labute approximate surface area is 148 Å². The van der Waals surface area contributed by atoms with E-state index in [2.05, 4.69) is 15.9 Å². The van der Waals surface area contributed by atoms with Crippen molar-refractivity contribution in [2.24, 2.45) is 11.8 Å². The number of esters is 1. The van der Waals surface area contributed by atoms with Gasteiger partial charge in [0.15, 0.2) is 0 Å². The quantitative estimate of drug-likeness (QED) is 0.533. The Kier molecular flexibility index (Phi) is 7.28. The van der Waals surface area contributed by atoms with Gasteiger partial charge in [0.2, 0.25) is 0 Å². The van der Waals surface area contributed by atoms with Gasteiger partial charge in [0.1, 0.15) is 23.4 Å². The first kappa shape index (κ1) is 20.0. The van der Waals surface area contributed by atoms with E-state index in [1.165, 1.54) is 6.92 Å². The molecule has 0 saturated carbocycles. The summed E-state index contributed by atoms with van der Waals surface area (Å²) in [6, 6.07) is 6.49. The number of benzene rings is 1. The van der Waals surface area contributed by atoms with E-state index in [4.69, 9.17) is 4.74 Å². The predicted molar refractivity (Wildman–Crippen MR) is 89.5 cm³/mol. The van der Waals surface area contributed by atoms with Crippen molar-refractivity contribution < 1.29 is 29.0 Å². The van der Waals surface area contributed by atoms with Crippen LogP contribution >= 0.6 is 15.9 Å². The molecule has 0 aromatic heterocycles. The maximum Gasteiger partial charge on any atom is 0.317 e. The molecule has 0 bridgehead atoms. The zero-order valence-corrected chi connectivity index (χ0v) is 15.2. The second-order valence-corrected chi connectivity index (χ2v) is 6.26. The first-order valence-corrected chi connectivity index (χ1v) is 8.15. The average molecular weight is 399 g/mol. The smallest absolute Gasteiger partial charge is 0.317 e. The van der Waals surface area contributed by atoms with Gasteiger partial charge in [-0.3, -0.25) is 19.2 Å². The van der Waals surface area contributed by atoms with Gasteiger partial charge >= 0.3 is 11.9 Å². The average Bonchev–Trinajstić information content (AvgIpc) is 2.46. The fourth-order valence-electron chi connectivity index (χ4n) is 2.64. The van der Waals surface area contributed by atoms with Crippen LogP contribution in [0.2, 0.25) is 0 Å². The van der Waals surface area contributed by atoms with Crippen molar-refractivity contribution in [2.45, 2.75) is 26.7 Å². The van der Waals surface area contributed by atoms with Gasteiger partial charge in [-0.05, 0) is 38.5 Å². The van der Waals surface area contributed by atoms with E-state index in [1.54, 1.807) is 31.2 Å². The maximum absolute atomic E-state index is 12.3. The normalized spacial score (nSPS) is 14.3. The summed E-state index contributed by atoms with van der Waals surface area (Å²) in [4.78, 5) is 47.9. The molecule has 1 aromatic rings. The van der Waals surface area contributed by atoms with Gasteiger partial charge in [0.05, 0.1) is 6.61 Å². The predicted octanol–water partition coefficient (Wildman–Crippen LogP) is 2.59. The summed E-state index contributed by atoms with van der Waals surface area (Å²) in [6.07, 6.45) is 0. The van der Waals surface area contributed by atoms with Crippen LogP contribution in [0, 0.1) is 11.8 Å². The molecular formula is C17H19BrO6. The van der Waals surface area contributed by atoms with Gasteiger partial charge in [-0.1, -0.05) is 28.1 Å². The fourth-order valence-corrected chi connectivity index (χ4v) is 2.90. The number of hydrogen-bond donors (Lipinski definition) is 1. The third-order valence-electron chi connectivity index (χ3n) is 3.66. The SMILES string of the molecule is CCOC(=O)C(C(C)=O)C(c1ccc(Br)cc1)C(C(C)=O)C(=O)O. The van der Waals surface area contributed by atoms with Crippen LogP contribution in [0.15, 0.2) is 28.7 Å². The van der Waals surface area contributed by atoms with E-state index >= 15 is 0 Å². The molecular weight excluding hydrogens is 380 g/mol. The molecule has 0 heterocycles. The monoisotopic (exact) mass is 398 g/mol. The molecule has 1 N–H and O–H groups in total. The molecule has 0 aliphatic heterocycles. The molecule has 0 fully saturated rings. The van der Waals surface area contributed by atoms with Crippen LogP contribution in [-0.4, -0.2) is 35.2 Å². The number of halogens is 1. The van der Waals surface area contributed by atoms with Crippen molar-refractivity contribution in [2.75, 3.05) is 6.61 Å². The lowest BCUT2D eigenvalue weighted by Gasteiger charge is -2.28. The van der Waals surface area contributed by atoms with E-state index in [-0.39, 0.29) is 6.61 Å². The number of aliphatic carboxylic acids is 1. The third-order valence-corrected chi connectivity index (χ3v) is 4.18. The number of hydrogen-bond acceptors (Lipinski definition) is 5. The summed E-state index contributed by atoms with van der Waals surface area (Å²) in [7, 11) is 0. The maximum atomic E-state index is 12.3. The number of ketones is 2. The summed E-state index contributed by atoms with van der Waals surface area (Å²) in [5.74, 6) is -7.42. The molecule has 3 unspecified atom stereocenters. The Bertz CT molecular complexity index is 623. The molecule has 0 aliphatic carbocycles. The first-order valence-electron chi connectivity index (χ1n) is 7.36. The lowest BCUT2D eigenvalue weighted by Crippen LogP contribution is -2.39. The van der Waals surface area contributed by atoms with Crippen LogP contribution in [0.4, 0.5) is 0 Å². The van der Waals surface area contributed by atoms with Gasteiger partial charge in [0, 0.05) is 10.4 Å². The third kappa shape index (κ3) is 4.74. The van der Waals surface area contributed by atoms with Crippen molar-refractivity contribution in [3.05, 3.63) is 34.3 Å². The Morgan fingerprint density at radius 2 is 1.54 bits per heavy atom. The molecule has 0 saturated heterocycles. The molecule has 1 rings (SSSR count). The van der Waals surface area contributed by atoms with Crippen molar-refractivity contribution in [1.82, 2.24) is 0 Å². The van der Waals surface area contributed by atoms with E-state index in [0.29, 0.717) is 5.56 Å². The number of carbonyl (C=O) groups is 4. The number of Topliss-reactive ketones (excluding diaryl/α,β-unsaturated/α-hetero) is 2. The van der Waals surface area contributed by atoms with Gasteiger partial charge < -0.3 is 9.84 Å². The second-order valence-electron chi connectivity index (χ2n) is 5.34. The van der Waals surface area contributed by atoms with Crippen LogP contribution in [0.1, 0.15) is 32.3 Å². The largest absolute Gasteiger partial charge is 0.481 e.